The first-order valence-corrected chi connectivity index (χ1v) is 23.9. The lowest BCUT2D eigenvalue weighted by molar-refractivity contribution is 0.0697. The molecule has 9 heteroatoms. The summed E-state index contributed by atoms with van der Waals surface area (Å²) < 4.78 is 11.3. The molecule has 0 radical (unpaired) electrons. The standard InChI is InChI=1S/C25H41NO4.C24H40BrNO2/c1-3-4-5-6-7-8-9-10-11-12-13-14-15-16-19-30-25(29)26-23-18-17-21(2)20-22(23)24(27)28;1-3-4-5-6-7-8-9-10-11-12-13-14-15-16-19-28-24(27)26-23-18-17-21(2)20-22(23)25/h17-18,20H,3-16,19H2,1-2H3,(H,26,29)(H,27,28);17-18,20H,3-16,19H2,1-2H3,(H,26,27). The summed E-state index contributed by atoms with van der Waals surface area (Å²) in [4.78, 5) is 35.0. The Morgan fingerprint density at radius 3 is 1.14 bits per heavy atom. The zero-order valence-corrected chi connectivity index (χ0v) is 38.6. The van der Waals surface area contributed by atoms with Gasteiger partial charge in [-0.2, -0.15) is 0 Å². The summed E-state index contributed by atoms with van der Waals surface area (Å²) in [5.41, 5.74) is 3.06. The summed E-state index contributed by atoms with van der Waals surface area (Å²) in [7, 11) is 0. The van der Waals surface area contributed by atoms with Crippen LogP contribution in [0.3, 0.4) is 0 Å². The van der Waals surface area contributed by atoms with Crippen molar-refractivity contribution in [3.05, 3.63) is 57.6 Å². The molecule has 2 aromatic rings. The van der Waals surface area contributed by atoms with Crippen LogP contribution in [0.4, 0.5) is 21.0 Å². The van der Waals surface area contributed by atoms with Gasteiger partial charge in [-0.05, 0) is 72.4 Å². The van der Waals surface area contributed by atoms with Crippen molar-refractivity contribution in [2.45, 2.75) is 207 Å². The van der Waals surface area contributed by atoms with Gasteiger partial charge in [0.05, 0.1) is 30.2 Å². The smallest absolute Gasteiger partial charge is 0.411 e. The number of aryl methyl sites for hydroxylation is 2. The van der Waals surface area contributed by atoms with Crippen LogP contribution in [0, 0.1) is 13.8 Å². The maximum Gasteiger partial charge on any atom is 0.411 e. The minimum absolute atomic E-state index is 0.0726. The van der Waals surface area contributed by atoms with Gasteiger partial charge in [-0.1, -0.05) is 198 Å². The highest BCUT2D eigenvalue weighted by Gasteiger charge is 2.13. The molecule has 58 heavy (non-hydrogen) atoms. The van der Waals surface area contributed by atoms with Gasteiger partial charge in [0.2, 0.25) is 0 Å². The fraction of sp³-hybridized carbons (Fsp3) is 0.694. The Morgan fingerprint density at radius 1 is 0.483 bits per heavy atom. The van der Waals surface area contributed by atoms with Gasteiger partial charge in [0.25, 0.3) is 0 Å². The van der Waals surface area contributed by atoms with Crippen molar-refractivity contribution in [2.75, 3.05) is 23.8 Å². The minimum Gasteiger partial charge on any atom is -0.478 e. The number of aromatic carboxylic acids is 1. The number of carbonyl (C=O) groups is 3. The summed E-state index contributed by atoms with van der Waals surface area (Å²) in [5.74, 6) is -1.07. The molecule has 0 heterocycles. The monoisotopic (exact) mass is 873 g/mol. The minimum atomic E-state index is -1.07. The summed E-state index contributed by atoms with van der Waals surface area (Å²) in [5, 5.41) is 14.5. The molecule has 0 saturated heterocycles. The normalized spacial score (nSPS) is 10.8. The van der Waals surface area contributed by atoms with Gasteiger partial charge in [-0.3, -0.25) is 10.6 Å². The SMILES string of the molecule is CCCCCCCCCCCCCCCCOC(=O)Nc1ccc(C)cc1Br.CCCCCCCCCCCCCCCCOC(=O)Nc1ccc(C)cc1C(=O)O. The molecule has 0 fully saturated rings. The Balaban J connectivity index is 0.000000581. The number of ether oxygens (including phenoxy) is 2. The third-order valence-corrected chi connectivity index (χ3v) is 11.1. The van der Waals surface area contributed by atoms with E-state index in [2.05, 4.69) is 40.4 Å². The second kappa shape index (κ2) is 37.0. The lowest BCUT2D eigenvalue weighted by Crippen LogP contribution is -2.16. The molecule has 2 amide bonds. The highest BCUT2D eigenvalue weighted by atomic mass is 79.9. The highest BCUT2D eigenvalue weighted by molar-refractivity contribution is 9.10. The molecule has 0 aliphatic heterocycles. The fourth-order valence-electron chi connectivity index (χ4n) is 6.88. The van der Waals surface area contributed by atoms with Crippen LogP contribution < -0.4 is 10.6 Å². The zero-order chi connectivity index (χ0) is 42.5. The summed E-state index contributed by atoms with van der Waals surface area (Å²) in [6.07, 6.45) is 35.6. The number of carboxylic acid groups (broad SMARTS) is 1. The number of benzene rings is 2. The van der Waals surface area contributed by atoms with Crippen molar-refractivity contribution >= 4 is 45.5 Å². The van der Waals surface area contributed by atoms with Crippen molar-refractivity contribution in [3.8, 4) is 0 Å². The number of anilines is 2. The summed E-state index contributed by atoms with van der Waals surface area (Å²) in [6, 6.07) is 10.7. The van der Waals surface area contributed by atoms with E-state index in [9.17, 15) is 19.5 Å². The molecule has 0 aliphatic rings. The molecule has 0 spiro atoms. The Hall–Kier alpha value is -3.07. The fourth-order valence-corrected chi connectivity index (χ4v) is 7.47. The largest absolute Gasteiger partial charge is 0.478 e. The first-order valence-electron chi connectivity index (χ1n) is 23.2. The van der Waals surface area contributed by atoms with Crippen molar-refractivity contribution in [2.24, 2.45) is 0 Å². The maximum atomic E-state index is 11.9. The van der Waals surface area contributed by atoms with Crippen molar-refractivity contribution in [1.29, 1.82) is 0 Å². The molecule has 330 valence electrons. The van der Waals surface area contributed by atoms with Crippen LogP contribution in [0.25, 0.3) is 0 Å². The Morgan fingerprint density at radius 2 is 0.793 bits per heavy atom. The number of amides is 2. The third kappa shape index (κ3) is 30.0. The second-order valence-electron chi connectivity index (χ2n) is 16.1. The van der Waals surface area contributed by atoms with Crippen molar-refractivity contribution in [3.63, 3.8) is 0 Å². The van der Waals surface area contributed by atoms with Crippen LogP contribution in [0.5, 0.6) is 0 Å². The molecule has 8 nitrogen and oxygen atoms in total. The van der Waals surface area contributed by atoms with E-state index in [0.717, 1.165) is 47.0 Å². The summed E-state index contributed by atoms with van der Waals surface area (Å²) in [6.45, 7) is 9.21. The number of hydrogen-bond donors (Lipinski definition) is 3. The average molecular weight is 874 g/mol. The lowest BCUT2D eigenvalue weighted by Gasteiger charge is -2.10. The third-order valence-electron chi connectivity index (χ3n) is 10.5. The molecule has 2 aromatic carbocycles. The predicted molar refractivity (Wildman–Crippen MR) is 248 cm³/mol. The predicted octanol–water partition coefficient (Wildman–Crippen LogP) is 16.5. The Labute approximate surface area is 361 Å². The van der Waals surface area contributed by atoms with E-state index in [-0.39, 0.29) is 17.3 Å². The molecule has 3 N–H and O–H groups in total. The lowest BCUT2D eigenvalue weighted by atomic mass is 10.0. The van der Waals surface area contributed by atoms with E-state index in [0.29, 0.717) is 13.2 Å². The van der Waals surface area contributed by atoms with Crippen LogP contribution in [0.15, 0.2) is 40.9 Å². The Kier molecular flexibility index (Phi) is 33.7. The van der Waals surface area contributed by atoms with Gasteiger partial charge in [0, 0.05) is 4.47 Å². The number of halogens is 1. The molecule has 0 aliphatic carbocycles. The van der Waals surface area contributed by atoms with Crippen molar-refractivity contribution in [1.82, 2.24) is 0 Å². The molecule has 0 saturated carbocycles. The first kappa shape index (κ1) is 52.9. The average Bonchev–Trinajstić information content (AvgIpc) is 3.19. The first-order chi connectivity index (χ1) is 28.2. The Bertz CT molecular complexity index is 1350. The summed E-state index contributed by atoms with van der Waals surface area (Å²) >= 11 is 3.45. The number of carboxylic acids is 1. The number of nitrogens with one attached hydrogen (secondary N) is 2. The molecule has 0 bridgehead atoms. The zero-order valence-electron chi connectivity index (χ0n) is 37.0. The number of hydrogen-bond acceptors (Lipinski definition) is 5. The molecule has 0 aromatic heterocycles. The van der Waals surface area contributed by atoms with Crippen LogP contribution in [-0.4, -0.2) is 36.5 Å². The van der Waals surface area contributed by atoms with E-state index < -0.39 is 12.1 Å². The van der Waals surface area contributed by atoms with Gasteiger partial charge >= 0.3 is 18.2 Å². The van der Waals surface area contributed by atoms with Gasteiger partial charge in [0.15, 0.2) is 0 Å². The second-order valence-corrected chi connectivity index (χ2v) is 16.9. The molecule has 2 rings (SSSR count). The number of rotatable bonds is 33. The molecular formula is C49H81BrN2O6. The van der Waals surface area contributed by atoms with Gasteiger partial charge in [-0.15, -0.1) is 0 Å². The van der Waals surface area contributed by atoms with Crippen LogP contribution >= 0.6 is 15.9 Å². The van der Waals surface area contributed by atoms with Gasteiger partial charge in [-0.25, -0.2) is 14.4 Å². The van der Waals surface area contributed by atoms with E-state index in [4.69, 9.17) is 9.47 Å². The number of carbonyl (C=O) groups excluding carboxylic acids is 2. The quantitative estimate of drug-likeness (QED) is 0.0616. The van der Waals surface area contributed by atoms with E-state index in [1.54, 1.807) is 12.1 Å². The van der Waals surface area contributed by atoms with Gasteiger partial charge < -0.3 is 14.6 Å². The van der Waals surface area contributed by atoms with Crippen LogP contribution in [0.1, 0.15) is 215 Å². The number of unbranched alkanes of at least 4 members (excludes halogenated alkanes) is 26. The molecule has 0 unspecified atom stereocenters. The topological polar surface area (TPSA) is 114 Å². The highest BCUT2D eigenvalue weighted by Crippen LogP contribution is 2.24. The molecular weight excluding hydrogens is 792 g/mol. The van der Waals surface area contributed by atoms with Crippen LogP contribution in [0.2, 0.25) is 0 Å². The van der Waals surface area contributed by atoms with E-state index in [1.165, 1.54) is 160 Å². The maximum absolute atomic E-state index is 11.9. The van der Waals surface area contributed by atoms with E-state index >= 15 is 0 Å². The van der Waals surface area contributed by atoms with Crippen LogP contribution in [-0.2, 0) is 9.47 Å². The molecule has 0 atom stereocenters. The van der Waals surface area contributed by atoms with Crippen molar-refractivity contribution < 1.29 is 29.0 Å². The van der Waals surface area contributed by atoms with Gasteiger partial charge in [0.1, 0.15) is 0 Å². The van der Waals surface area contributed by atoms with E-state index in [1.807, 2.05) is 32.0 Å².